The normalized spacial score (nSPS) is 14.1. The number of benzene rings is 1. The van der Waals surface area contributed by atoms with E-state index in [1.165, 1.54) is 92.8 Å². The van der Waals surface area contributed by atoms with Gasteiger partial charge in [0, 0.05) is 41.4 Å². The second-order valence-corrected chi connectivity index (χ2v) is 10.9. The summed E-state index contributed by atoms with van der Waals surface area (Å²) in [6.45, 7) is 1.47. The van der Waals surface area contributed by atoms with Crippen LogP contribution in [0.1, 0.15) is 96.3 Å². The number of amides is 2. The minimum absolute atomic E-state index is 0.240. The summed E-state index contributed by atoms with van der Waals surface area (Å²) >= 11 is 0. The molecule has 38 heavy (non-hydrogen) atoms. The van der Waals surface area contributed by atoms with Gasteiger partial charge in [0.05, 0.1) is 12.2 Å². The fraction of sp³-hybridized carbons (Fsp3) is 0.562. The first-order chi connectivity index (χ1) is 18.7. The second-order valence-electron chi connectivity index (χ2n) is 10.9. The molecule has 2 N–H and O–H groups in total. The molecule has 4 rings (SSSR count). The number of rotatable bonds is 15. The zero-order valence-corrected chi connectivity index (χ0v) is 23.0. The third-order valence-electron chi connectivity index (χ3n) is 7.94. The van der Waals surface area contributed by atoms with Crippen molar-refractivity contribution in [2.24, 2.45) is 0 Å². The van der Waals surface area contributed by atoms with Gasteiger partial charge in [-0.25, -0.2) is 9.86 Å². The molecule has 0 atom stereocenters. The maximum Gasteiger partial charge on any atom is 0.341 e. The number of carbonyl (C=O) groups is 1. The Balaban J connectivity index is 1.03. The summed E-state index contributed by atoms with van der Waals surface area (Å²) in [5.41, 5.74) is 3.74. The summed E-state index contributed by atoms with van der Waals surface area (Å²) in [7, 11) is 0. The molecule has 6 heteroatoms. The van der Waals surface area contributed by atoms with Gasteiger partial charge in [0.2, 0.25) is 0 Å². The van der Waals surface area contributed by atoms with E-state index in [4.69, 9.17) is 0 Å². The van der Waals surface area contributed by atoms with E-state index in [-0.39, 0.29) is 12.1 Å². The van der Waals surface area contributed by atoms with Gasteiger partial charge in [-0.1, -0.05) is 88.8 Å². The van der Waals surface area contributed by atoms with E-state index >= 15 is 0 Å². The van der Waals surface area contributed by atoms with Gasteiger partial charge in [-0.05, 0) is 49.9 Å². The summed E-state index contributed by atoms with van der Waals surface area (Å²) in [4.78, 5) is 16.4. The van der Waals surface area contributed by atoms with Crippen LogP contribution in [-0.4, -0.2) is 38.4 Å². The Kier molecular flexibility index (Phi) is 11.5. The van der Waals surface area contributed by atoms with E-state index < -0.39 is 0 Å². The molecule has 6 nitrogen and oxygen atoms in total. The van der Waals surface area contributed by atoms with Crippen LogP contribution in [0.4, 0.5) is 4.79 Å². The molecule has 1 fully saturated rings. The maximum absolute atomic E-state index is 12.1. The number of carbonyl (C=O) groups excluding carboxylic acids is 1. The highest BCUT2D eigenvalue weighted by molar-refractivity contribution is 5.86. The number of para-hydroxylation sites is 1. The van der Waals surface area contributed by atoms with Crippen LogP contribution in [0.5, 0.6) is 0 Å². The smallest absolute Gasteiger partial charge is 0.340 e. The summed E-state index contributed by atoms with van der Waals surface area (Å²) in [5, 5.41) is 15.1. The first-order valence-corrected chi connectivity index (χ1v) is 15.0. The average Bonchev–Trinajstić information content (AvgIpc) is 3.33. The van der Waals surface area contributed by atoms with Crippen LogP contribution in [0.15, 0.2) is 54.9 Å². The molecule has 0 bridgehead atoms. The Morgan fingerprint density at radius 1 is 0.895 bits per heavy atom. The predicted octanol–water partition coefficient (Wildman–Crippen LogP) is 8.34. The predicted molar refractivity (Wildman–Crippen MR) is 155 cm³/mol. The van der Waals surface area contributed by atoms with Crippen molar-refractivity contribution in [2.75, 3.05) is 6.54 Å². The number of urea groups is 1. The van der Waals surface area contributed by atoms with Crippen LogP contribution in [-0.2, 0) is 6.54 Å². The van der Waals surface area contributed by atoms with Gasteiger partial charge in [-0.2, -0.15) is 0 Å². The molecule has 2 amide bonds. The fourth-order valence-corrected chi connectivity index (χ4v) is 5.75. The number of aryl methyl sites for hydroxylation is 1. The van der Waals surface area contributed by atoms with Gasteiger partial charge < -0.3 is 9.88 Å². The summed E-state index contributed by atoms with van der Waals surface area (Å²) in [6.07, 6.45) is 21.4. The minimum Gasteiger partial charge on any atom is -0.340 e. The minimum atomic E-state index is -0.324. The van der Waals surface area contributed by atoms with E-state index in [0.29, 0.717) is 6.54 Å². The molecule has 1 aliphatic rings. The van der Waals surface area contributed by atoms with Crippen molar-refractivity contribution >= 4 is 16.9 Å². The Morgan fingerprint density at radius 2 is 1.58 bits per heavy atom. The van der Waals surface area contributed by atoms with Gasteiger partial charge in [0.15, 0.2) is 0 Å². The fourth-order valence-electron chi connectivity index (χ4n) is 5.75. The largest absolute Gasteiger partial charge is 0.341 e. The number of unbranched alkanes of at least 4 members (excludes halogenated alkanes) is 9. The van der Waals surface area contributed by atoms with Gasteiger partial charge in [-0.3, -0.25) is 10.2 Å². The highest BCUT2D eigenvalue weighted by Gasteiger charge is 2.18. The van der Waals surface area contributed by atoms with Crippen molar-refractivity contribution < 1.29 is 10.0 Å². The van der Waals surface area contributed by atoms with Gasteiger partial charge in [-0.15, -0.1) is 0 Å². The first-order valence-electron chi connectivity index (χ1n) is 15.0. The van der Waals surface area contributed by atoms with Crippen molar-refractivity contribution in [1.29, 1.82) is 0 Å². The van der Waals surface area contributed by atoms with Crippen LogP contribution in [0, 0.1) is 0 Å². The topological polar surface area (TPSA) is 70.4 Å². The van der Waals surface area contributed by atoms with Crippen molar-refractivity contribution in [3.8, 4) is 11.3 Å². The average molecular weight is 519 g/mol. The zero-order valence-electron chi connectivity index (χ0n) is 23.0. The van der Waals surface area contributed by atoms with Gasteiger partial charge in [0.1, 0.15) is 0 Å². The number of nitrogens with zero attached hydrogens (tertiary/aromatic N) is 3. The van der Waals surface area contributed by atoms with E-state index in [1.807, 2.05) is 18.5 Å². The number of hydrogen-bond acceptors (Lipinski definition) is 3. The molecule has 3 aromatic rings. The summed E-state index contributed by atoms with van der Waals surface area (Å²) in [6, 6.07) is 15.0. The van der Waals surface area contributed by atoms with Gasteiger partial charge >= 0.3 is 6.03 Å². The lowest BCUT2D eigenvalue weighted by Gasteiger charge is -2.25. The molecule has 0 aliphatic heterocycles. The molecule has 1 aromatic carbocycles. The highest BCUT2D eigenvalue weighted by Crippen LogP contribution is 2.28. The van der Waals surface area contributed by atoms with E-state index in [2.05, 4.69) is 51.3 Å². The van der Waals surface area contributed by atoms with Gasteiger partial charge in [0.25, 0.3) is 0 Å². The molecule has 1 aliphatic carbocycles. The Labute approximate surface area is 228 Å². The molecule has 0 saturated heterocycles. The van der Waals surface area contributed by atoms with Crippen molar-refractivity contribution in [2.45, 2.75) is 109 Å². The summed E-state index contributed by atoms with van der Waals surface area (Å²) in [5.74, 6) is 0. The van der Waals surface area contributed by atoms with Crippen molar-refractivity contribution in [1.82, 2.24) is 19.9 Å². The number of pyridine rings is 1. The first kappa shape index (κ1) is 28.2. The van der Waals surface area contributed by atoms with E-state index in [1.54, 1.807) is 0 Å². The van der Waals surface area contributed by atoms with Crippen molar-refractivity contribution in [3.63, 3.8) is 0 Å². The second kappa shape index (κ2) is 15.5. The number of nitrogens with one attached hydrogen (secondary N) is 1. The number of fused-ring (bicyclic) bond motifs is 1. The van der Waals surface area contributed by atoms with Crippen LogP contribution in [0.3, 0.4) is 0 Å². The molecule has 0 unspecified atom stereocenters. The molecule has 0 radical (unpaired) electrons. The molecule has 0 spiro atoms. The van der Waals surface area contributed by atoms with Crippen LogP contribution < -0.4 is 5.32 Å². The lowest BCUT2D eigenvalue weighted by Crippen LogP contribution is -2.44. The lowest BCUT2D eigenvalue weighted by molar-refractivity contribution is -0.0454. The van der Waals surface area contributed by atoms with E-state index in [0.717, 1.165) is 37.3 Å². The number of aromatic nitrogens is 2. The Hall–Kier alpha value is -2.86. The Morgan fingerprint density at radius 3 is 2.29 bits per heavy atom. The van der Waals surface area contributed by atoms with Crippen LogP contribution in [0.2, 0.25) is 0 Å². The zero-order chi connectivity index (χ0) is 26.4. The Bertz CT molecular complexity index is 1090. The molecule has 206 valence electrons. The molecular formula is C32H46N4O2. The van der Waals surface area contributed by atoms with Crippen LogP contribution >= 0.6 is 0 Å². The SMILES string of the molecule is O=C(NC1CCCCC1)N(O)CCCCCCCCCCCCn1c(-c2cccnc2)cc2ccccc21. The molecule has 2 aromatic heterocycles. The third kappa shape index (κ3) is 8.59. The quantitative estimate of drug-likeness (QED) is 0.121. The number of hydrogen-bond donors (Lipinski definition) is 2. The molecule has 2 heterocycles. The third-order valence-corrected chi connectivity index (χ3v) is 7.94. The van der Waals surface area contributed by atoms with Crippen molar-refractivity contribution in [3.05, 3.63) is 54.9 Å². The molecular weight excluding hydrogens is 472 g/mol. The lowest BCUT2D eigenvalue weighted by atomic mass is 9.96. The maximum atomic E-state index is 12.1. The number of hydroxylamine groups is 2. The molecule has 1 saturated carbocycles. The monoisotopic (exact) mass is 518 g/mol. The standard InChI is InChI=1S/C32H46N4O2/c37-32(34-29-19-10-9-11-20-29)36(38)24-15-8-6-4-2-1-3-5-7-14-23-35-30-21-13-12-17-27(30)25-31(35)28-18-16-22-33-26-28/h12-13,16-18,21-22,25-26,29,38H,1-11,14-15,19-20,23-24H2,(H,34,37). The highest BCUT2D eigenvalue weighted by atomic mass is 16.5. The summed E-state index contributed by atoms with van der Waals surface area (Å²) < 4.78 is 2.46. The van der Waals surface area contributed by atoms with Crippen LogP contribution in [0.25, 0.3) is 22.2 Å². The van der Waals surface area contributed by atoms with E-state index in [9.17, 15) is 10.0 Å².